The summed E-state index contributed by atoms with van der Waals surface area (Å²) in [5.74, 6) is 0. The van der Waals surface area contributed by atoms with Gasteiger partial charge in [-0.2, -0.15) is 0 Å². The van der Waals surface area contributed by atoms with E-state index >= 15 is 0 Å². The van der Waals surface area contributed by atoms with Gasteiger partial charge in [0.1, 0.15) is 0 Å². The second-order valence-corrected chi connectivity index (χ2v) is 32.6. The SMILES string of the molecule is CN(c1ccc(-c2ccc(N(c3ccccc3)c3ccccc3)cc2)cc1)c1c2ccccc2cc2ccccc12.CN(c1ccc(-c2ccc(N(c3ccccc3)c3ccccc3)cc2)cc1)c1cc2ccccc2c2ccccc12.CN(c1ccc(-c2ccc(N(c3ccccc3)c3ccccc3)cc2)cc1)c1ccc(-c2ccc3cc4ccccc4cc3c2)cc1. The first-order chi connectivity index (χ1) is 63.7. The minimum absolute atomic E-state index is 1.13. The maximum absolute atomic E-state index is 2.31. The lowest BCUT2D eigenvalue weighted by Gasteiger charge is -2.25. The van der Waals surface area contributed by atoms with Crippen LogP contribution in [-0.2, 0) is 0 Å². The summed E-state index contributed by atoms with van der Waals surface area (Å²) in [5, 5.41) is 15.2. The number of para-hydroxylation sites is 6. The Hall–Kier alpha value is -16.8. The summed E-state index contributed by atoms with van der Waals surface area (Å²) in [5.41, 5.74) is 26.9. The van der Waals surface area contributed by atoms with Crippen LogP contribution in [0.25, 0.3) is 109 Å². The zero-order valence-electron chi connectivity index (χ0n) is 72.3. The van der Waals surface area contributed by atoms with E-state index in [-0.39, 0.29) is 0 Å². The number of hydrogen-bond acceptors (Lipinski definition) is 6. The molecule has 616 valence electrons. The van der Waals surface area contributed by atoms with Crippen LogP contribution in [0, 0.1) is 0 Å². The van der Waals surface area contributed by atoms with E-state index in [0.29, 0.717) is 0 Å². The molecule has 22 aromatic carbocycles. The van der Waals surface area contributed by atoms with Crippen LogP contribution in [0.15, 0.2) is 516 Å². The lowest BCUT2D eigenvalue weighted by molar-refractivity contribution is 1.21. The highest BCUT2D eigenvalue weighted by atomic mass is 15.2. The van der Waals surface area contributed by atoms with Crippen LogP contribution in [0.5, 0.6) is 0 Å². The van der Waals surface area contributed by atoms with Crippen LogP contribution in [0.1, 0.15) is 0 Å². The molecule has 0 atom stereocenters. The molecule has 6 nitrogen and oxygen atoms in total. The van der Waals surface area contributed by atoms with Crippen molar-refractivity contribution in [1.82, 2.24) is 0 Å². The first-order valence-electron chi connectivity index (χ1n) is 44.1. The fourth-order valence-electron chi connectivity index (χ4n) is 17.9. The van der Waals surface area contributed by atoms with E-state index in [1.807, 2.05) is 0 Å². The fourth-order valence-corrected chi connectivity index (χ4v) is 17.9. The quantitative estimate of drug-likeness (QED) is 0.0589. The summed E-state index contributed by atoms with van der Waals surface area (Å²) in [7, 11) is 6.45. The Kier molecular flexibility index (Phi) is 23.1. The van der Waals surface area contributed by atoms with Gasteiger partial charge in [-0.1, -0.05) is 328 Å². The number of nitrogens with zero attached hydrogens (tertiary/aromatic N) is 6. The standard InChI is InChI=1S/C45H34N2.2C39H30N2/c1-46(42-26-20-35(21-27-42)38-16-17-39-30-36-10-8-9-11-37(36)31-40(39)32-38)41-24-18-33(19-25-41)34-22-28-45(29-23-34)47(43-12-4-2-5-13-43)44-14-6-3-7-15-44;1-40(39-37-18-10-8-12-31(37)28-32-13-9-11-19-38(32)39)33-24-20-29(21-25-33)30-22-26-36(27-23-30)41(34-14-4-2-5-15-34)35-16-6-3-7-17-35;1-40(39-28-31-12-8-9-17-36(31)37-18-10-11-19-38(37)39)32-24-20-29(21-25-32)30-22-26-35(27-23-30)41(33-13-4-2-5-14-33)34-15-6-3-7-16-34/h2-32H,1H3;2*2-28H,1H3. The predicted octanol–water partition coefficient (Wildman–Crippen LogP) is 34.4. The summed E-state index contributed by atoms with van der Waals surface area (Å²) < 4.78 is 0. The highest BCUT2D eigenvalue weighted by Gasteiger charge is 2.20. The zero-order chi connectivity index (χ0) is 86.8. The van der Waals surface area contributed by atoms with Gasteiger partial charge in [-0.25, -0.2) is 0 Å². The Morgan fingerprint density at radius 2 is 0.341 bits per heavy atom. The number of anilines is 15. The summed E-state index contributed by atoms with van der Waals surface area (Å²) in [6.07, 6.45) is 0. The molecule has 0 aliphatic heterocycles. The van der Waals surface area contributed by atoms with Crippen molar-refractivity contribution in [3.05, 3.63) is 516 Å². The molecule has 0 fully saturated rings. The normalized spacial score (nSPS) is 11.1. The third kappa shape index (κ3) is 17.3. The van der Waals surface area contributed by atoms with Gasteiger partial charge in [-0.05, 0) is 281 Å². The molecule has 22 rings (SSSR count). The van der Waals surface area contributed by atoms with Gasteiger partial charge in [0.2, 0.25) is 0 Å². The molecule has 0 amide bonds. The summed E-state index contributed by atoms with van der Waals surface area (Å²) in [6.45, 7) is 0. The van der Waals surface area contributed by atoms with Crippen molar-refractivity contribution in [2.24, 2.45) is 0 Å². The molecule has 0 radical (unpaired) electrons. The molecule has 0 saturated carbocycles. The minimum Gasteiger partial charge on any atom is -0.345 e. The molecule has 22 aromatic rings. The van der Waals surface area contributed by atoms with E-state index in [0.717, 1.165) is 73.9 Å². The lowest BCUT2D eigenvalue weighted by Crippen LogP contribution is -2.10. The van der Waals surface area contributed by atoms with Crippen LogP contribution in [-0.4, -0.2) is 21.1 Å². The van der Waals surface area contributed by atoms with E-state index in [4.69, 9.17) is 0 Å². The van der Waals surface area contributed by atoms with Crippen molar-refractivity contribution in [2.45, 2.75) is 0 Å². The van der Waals surface area contributed by atoms with Crippen molar-refractivity contribution in [2.75, 3.05) is 50.5 Å². The Labute approximate surface area is 755 Å². The average Bonchev–Trinajstić information content (AvgIpc) is 0.763. The number of fused-ring (bicyclic) bond motifs is 7. The molecule has 0 spiro atoms. The van der Waals surface area contributed by atoms with E-state index in [9.17, 15) is 0 Å². The van der Waals surface area contributed by atoms with Crippen LogP contribution >= 0.6 is 0 Å². The zero-order valence-corrected chi connectivity index (χ0v) is 72.3. The van der Waals surface area contributed by atoms with Crippen molar-refractivity contribution in [3.63, 3.8) is 0 Å². The van der Waals surface area contributed by atoms with Crippen LogP contribution in [0.2, 0.25) is 0 Å². The minimum atomic E-state index is 1.13. The highest BCUT2D eigenvalue weighted by Crippen LogP contribution is 2.45. The monoisotopic (exact) mass is 1650 g/mol. The summed E-state index contributed by atoms with van der Waals surface area (Å²) >= 11 is 0. The van der Waals surface area contributed by atoms with Crippen LogP contribution in [0.4, 0.5) is 85.3 Å². The first kappa shape index (κ1) is 80.6. The molecule has 0 aliphatic rings. The van der Waals surface area contributed by atoms with Gasteiger partial charge >= 0.3 is 0 Å². The van der Waals surface area contributed by atoms with Gasteiger partial charge in [-0.3, -0.25) is 0 Å². The van der Waals surface area contributed by atoms with Gasteiger partial charge in [0.25, 0.3) is 0 Å². The van der Waals surface area contributed by atoms with E-state index in [1.165, 1.54) is 121 Å². The Bertz CT molecular complexity index is 7390. The largest absolute Gasteiger partial charge is 0.345 e. The second-order valence-electron chi connectivity index (χ2n) is 32.6. The highest BCUT2D eigenvalue weighted by molar-refractivity contribution is 6.15. The fraction of sp³-hybridized carbons (Fsp3) is 0.0244. The smallest absolute Gasteiger partial charge is 0.0567 e. The van der Waals surface area contributed by atoms with Crippen molar-refractivity contribution >= 4 is 150 Å². The molecular formula is C123H94N6. The predicted molar refractivity (Wildman–Crippen MR) is 554 cm³/mol. The van der Waals surface area contributed by atoms with E-state index < -0.39 is 0 Å². The molecular weight excluding hydrogens is 1560 g/mol. The van der Waals surface area contributed by atoms with Crippen molar-refractivity contribution in [3.8, 4) is 44.5 Å². The van der Waals surface area contributed by atoms with Crippen molar-refractivity contribution in [1.29, 1.82) is 0 Å². The molecule has 129 heavy (non-hydrogen) atoms. The third-order valence-electron chi connectivity index (χ3n) is 24.7. The van der Waals surface area contributed by atoms with E-state index in [2.05, 4.69) is 566 Å². The van der Waals surface area contributed by atoms with Gasteiger partial charge in [0, 0.05) is 117 Å². The number of benzene rings is 22. The van der Waals surface area contributed by atoms with Gasteiger partial charge in [0.05, 0.1) is 5.69 Å². The van der Waals surface area contributed by atoms with Gasteiger partial charge in [0.15, 0.2) is 0 Å². The molecule has 0 unspecified atom stereocenters. The number of rotatable bonds is 19. The van der Waals surface area contributed by atoms with Crippen LogP contribution in [0.3, 0.4) is 0 Å². The van der Waals surface area contributed by atoms with E-state index in [1.54, 1.807) is 0 Å². The maximum atomic E-state index is 2.31. The molecule has 6 heteroatoms. The Balaban J connectivity index is 0.000000122. The van der Waals surface area contributed by atoms with Gasteiger partial charge in [-0.15, -0.1) is 0 Å². The average molecular weight is 1660 g/mol. The topological polar surface area (TPSA) is 19.4 Å². The van der Waals surface area contributed by atoms with Gasteiger partial charge < -0.3 is 29.4 Å². The maximum Gasteiger partial charge on any atom is 0.0567 e. The Morgan fingerprint density at radius 1 is 0.124 bits per heavy atom. The number of hydrogen-bond donors (Lipinski definition) is 0. The lowest BCUT2D eigenvalue weighted by atomic mass is 9.98. The summed E-state index contributed by atoms with van der Waals surface area (Å²) in [4.78, 5) is 13.7. The molecule has 0 aliphatic carbocycles. The molecule has 0 N–H and O–H groups in total. The van der Waals surface area contributed by atoms with Crippen LogP contribution < -0.4 is 29.4 Å². The molecule has 0 bridgehead atoms. The Morgan fingerprint density at radius 3 is 0.682 bits per heavy atom. The molecule has 0 heterocycles. The first-order valence-corrected chi connectivity index (χ1v) is 44.1. The third-order valence-corrected chi connectivity index (χ3v) is 24.7. The molecule has 0 aromatic heterocycles. The second kappa shape index (κ2) is 36.9. The van der Waals surface area contributed by atoms with Crippen molar-refractivity contribution < 1.29 is 0 Å². The molecule has 0 saturated heterocycles. The summed E-state index contributed by atoms with van der Waals surface area (Å²) in [6, 6.07) is 184.